The van der Waals surface area contributed by atoms with E-state index in [1.54, 1.807) is 18.2 Å². The maximum atomic E-state index is 12.0. The summed E-state index contributed by atoms with van der Waals surface area (Å²) < 4.78 is 32.2. The third-order valence-electron chi connectivity index (χ3n) is 2.37. The van der Waals surface area contributed by atoms with Crippen LogP contribution in [0.2, 0.25) is 0 Å². The highest BCUT2D eigenvalue weighted by atomic mass is 79.9. The Morgan fingerprint density at radius 2 is 2.11 bits per heavy atom. The second-order valence-corrected chi connectivity index (χ2v) is 6.61. The zero-order chi connectivity index (χ0) is 14.3. The number of nitrogens with one attached hydrogen (secondary N) is 1. The summed E-state index contributed by atoms with van der Waals surface area (Å²) in [4.78, 5) is 0.231. The Hall–Kier alpha value is -0.470. The average Bonchev–Trinajstić information content (AvgIpc) is 2.33. The monoisotopic (exact) mass is 351 g/mol. The minimum atomic E-state index is -3.50. The van der Waals surface area contributed by atoms with Gasteiger partial charge in [0, 0.05) is 17.6 Å². The normalized spacial score (nSPS) is 11.7. The largest absolute Gasteiger partial charge is 0.394 e. The van der Waals surface area contributed by atoms with Crippen molar-refractivity contribution in [3.63, 3.8) is 0 Å². The fourth-order valence-corrected chi connectivity index (χ4v) is 3.71. The number of hydrogen-bond acceptors (Lipinski definition) is 4. The molecule has 0 spiro atoms. The number of halogens is 1. The molecule has 1 aromatic rings. The van der Waals surface area contributed by atoms with Gasteiger partial charge in [-0.15, -0.1) is 0 Å². The van der Waals surface area contributed by atoms with Crippen molar-refractivity contribution < 1.29 is 18.3 Å². The Morgan fingerprint density at radius 3 is 2.74 bits per heavy atom. The summed E-state index contributed by atoms with van der Waals surface area (Å²) >= 11 is 3.25. The first-order valence-electron chi connectivity index (χ1n) is 5.92. The Kier molecular flexibility index (Phi) is 6.95. The third kappa shape index (κ3) is 5.58. The summed E-state index contributed by atoms with van der Waals surface area (Å²) in [6, 6.07) is 5.09. The lowest BCUT2D eigenvalue weighted by Gasteiger charge is -2.09. The molecular weight excluding hydrogens is 334 g/mol. The summed E-state index contributed by atoms with van der Waals surface area (Å²) in [6.07, 6.45) is 0.558. The predicted octanol–water partition coefficient (Wildman–Crippen LogP) is 1.43. The first-order valence-corrected chi connectivity index (χ1v) is 8.19. The molecule has 2 N–H and O–H groups in total. The van der Waals surface area contributed by atoms with Crippen LogP contribution >= 0.6 is 15.9 Å². The Bertz CT molecular complexity index is 504. The maximum Gasteiger partial charge on any atom is 0.241 e. The van der Waals surface area contributed by atoms with Gasteiger partial charge < -0.3 is 9.84 Å². The molecule has 0 radical (unpaired) electrons. The van der Waals surface area contributed by atoms with Gasteiger partial charge in [0.05, 0.1) is 18.1 Å². The second kappa shape index (κ2) is 7.96. The number of sulfonamides is 1. The van der Waals surface area contributed by atoms with E-state index in [0.29, 0.717) is 24.0 Å². The zero-order valence-corrected chi connectivity index (χ0v) is 13.1. The number of aliphatic hydroxyl groups excluding tert-OH is 1. The van der Waals surface area contributed by atoms with Crippen LogP contribution in [0, 0.1) is 6.92 Å². The lowest BCUT2D eigenvalue weighted by Crippen LogP contribution is -2.26. The quantitative estimate of drug-likeness (QED) is 0.694. The van der Waals surface area contributed by atoms with Crippen LogP contribution in [0.15, 0.2) is 27.6 Å². The van der Waals surface area contributed by atoms with Gasteiger partial charge in [0.25, 0.3) is 0 Å². The molecule has 0 amide bonds. The summed E-state index contributed by atoms with van der Waals surface area (Å²) in [5.41, 5.74) is 0.989. The molecule has 7 heteroatoms. The van der Waals surface area contributed by atoms with E-state index in [-0.39, 0.29) is 18.1 Å². The van der Waals surface area contributed by atoms with E-state index in [0.717, 1.165) is 5.56 Å². The Morgan fingerprint density at radius 1 is 1.37 bits per heavy atom. The smallest absolute Gasteiger partial charge is 0.241 e. The van der Waals surface area contributed by atoms with E-state index in [4.69, 9.17) is 9.84 Å². The van der Waals surface area contributed by atoms with Crippen molar-refractivity contribution in [3.05, 3.63) is 28.2 Å². The number of aryl methyl sites for hydroxylation is 1. The fraction of sp³-hybridized carbons (Fsp3) is 0.500. The van der Waals surface area contributed by atoms with Crippen LogP contribution < -0.4 is 4.72 Å². The lowest BCUT2D eigenvalue weighted by atomic mass is 10.2. The van der Waals surface area contributed by atoms with Crippen LogP contribution in [-0.4, -0.2) is 39.9 Å². The lowest BCUT2D eigenvalue weighted by molar-refractivity contribution is 0.0913. The molecule has 0 saturated carbocycles. The molecule has 19 heavy (non-hydrogen) atoms. The number of benzene rings is 1. The predicted molar refractivity (Wildman–Crippen MR) is 76.6 cm³/mol. The second-order valence-electron chi connectivity index (χ2n) is 4.02. The summed E-state index contributed by atoms with van der Waals surface area (Å²) in [5.74, 6) is 0. The van der Waals surface area contributed by atoms with Crippen LogP contribution in [0.5, 0.6) is 0 Å². The molecule has 1 aromatic carbocycles. The van der Waals surface area contributed by atoms with Gasteiger partial charge in [-0.1, -0.05) is 6.07 Å². The summed E-state index contributed by atoms with van der Waals surface area (Å²) in [7, 11) is -3.50. The Balaban J connectivity index is 2.52. The molecule has 0 atom stereocenters. The number of ether oxygens (including phenoxy) is 1. The van der Waals surface area contributed by atoms with Crippen molar-refractivity contribution in [2.75, 3.05) is 26.4 Å². The first kappa shape index (κ1) is 16.6. The van der Waals surface area contributed by atoms with E-state index in [9.17, 15) is 8.42 Å². The average molecular weight is 352 g/mol. The van der Waals surface area contributed by atoms with Gasteiger partial charge in [-0.3, -0.25) is 0 Å². The molecule has 0 unspecified atom stereocenters. The van der Waals surface area contributed by atoms with Crippen LogP contribution in [0.4, 0.5) is 0 Å². The van der Waals surface area contributed by atoms with Crippen molar-refractivity contribution in [2.45, 2.75) is 18.2 Å². The number of hydrogen-bond donors (Lipinski definition) is 2. The maximum absolute atomic E-state index is 12.0. The topological polar surface area (TPSA) is 75.6 Å². The highest BCUT2D eigenvalue weighted by molar-refractivity contribution is 9.10. The Labute approximate surface area is 122 Å². The van der Waals surface area contributed by atoms with Gasteiger partial charge in [-0.2, -0.15) is 0 Å². The zero-order valence-electron chi connectivity index (χ0n) is 10.7. The first-order chi connectivity index (χ1) is 8.97. The highest BCUT2D eigenvalue weighted by Gasteiger charge is 2.16. The van der Waals surface area contributed by atoms with Crippen LogP contribution in [-0.2, 0) is 14.8 Å². The molecule has 0 saturated heterocycles. The van der Waals surface area contributed by atoms with Crippen LogP contribution in [0.25, 0.3) is 0 Å². The fourth-order valence-electron chi connectivity index (χ4n) is 1.45. The van der Waals surface area contributed by atoms with Crippen molar-refractivity contribution in [2.24, 2.45) is 0 Å². The van der Waals surface area contributed by atoms with E-state index < -0.39 is 10.0 Å². The highest BCUT2D eigenvalue weighted by Crippen LogP contribution is 2.22. The van der Waals surface area contributed by atoms with Crippen molar-refractivity contribution in [1.82, 2.24) is 4.72 Å². The van der Waals surface area contributed by atoms with E-state index >= 15 is 0 Å². The third-order valence-corrected chi connectivity index (χ3v) is 4.81. The number of aliphatic hydroxyl groups is 1. The van der Waals surface area contributed by atoms with Gasteiger partial charge >= 0.3 is 0 Å². The van der Waals surface area contributed by atoms with Gasteiger partial charge in [0.1, 0.15) is 0 Å². The molecule has 0 fully saturated rings. The molecule has 0 bridgehead atoms. The molecule has 5 nitrogen and oxygen atoms in total. The van der Waals surface area contributed by atoms with Crippen molar-refractivity contribution >= 4 is 26.0 Å². The molecular formula is C12H18BrNO4S. The van der Waals surface area contributed by atoms with E-state index in [2.05, 4.69) is 20.7 Å². The molecule has 108 valence electrons. The van der Waals surface area contributed by atoms with Gasteiger partial charge in [0.2, 0.25) is 10.0 Å². The van der Waals surface area contributed by atoms with Gasteiger partial charge in [-0.05, 0) is 47.0 Å². The van der Waals surface area contributed by atoms with Crippen molar-refractivity contribution in [3.8, 4) is 0 Å². The standard InChI is InChI=1S/C12H18BrNO4S/c1-10-3-4-12(11(13)9-10)19(16,17)14-5-2-7-18-8-6-15/h3-4,9,14-15H,2,5-8H2,1H3. The molecule has 1 rings (SSSR count). The van der Waals surface area contributed by atoms with Gasteiger partial charge in [0.15, 0.2) is 0 Å². The summed E-state index contributed by atoms with van der Waals surface area (Å²) in [5, 5.41) is 8.51. The van der Waals surface area contributed by atoms with Gasteiger partial charge in [-0.25, -0.2) is 13.1 Å². The van der Waals surface area contributed by atoms with E-state index in [1.165, 1.54) is 0 Å². The van der Waals surface area contributed by atoms with E-state index in [1.807, 2.05) is 6.92 Å². The van der Waals surface area contributed by atoms with Crippen molar-refractivity contribution in [1.29, 1.82) is 0 Å². The molecule has 0 aromatic heterocycles. The van der Waals surface area contributed by atoms with Crippen LogP contribution in [0.3, 0.4) is 0 Å². The molecule has 0 aliphatic heterocycles. The molecule has 0 heterocycles. The molecule has 0 aliphatic rings. The SMILES string of the molecule is Cc1ccc(S(=O)(=O)NCCCOCCO)c(Br)c1. The number of rotatable bonds is 8. The molecule has 0 aliphatic carbocycles. The summed E-state index contributed by atoms with van der Waals surface area (Å²) in [6.45, 7) is 2.86. The minimum Gasteiger partial charge on any atom is -0.394 e. The van der Waals surface area contributed by atoms with Crippen LogP contribution in [0.1, 0.15) is 12.0 Å². The minimum absolute atomic E-state index is 0.0258.